The number of likely N-dealkylation sites (tertiary alicyclic amines) is 1. The summed E-state index contributed by atoms with van der Waals surface area (Å²) in [6.45, 7) is 2.47. The van der Waals surface area contributed by atoms with E-state index in [1.54, 1.807) is 29.2 Å². The zero-order valence-electron chi connectivity index (χ0n) is 16.2. The van der Waals surface area contributed by atoms with Gasteiger partial charge >= 0.3 is 6.03 Å². The molecule has 0 aromatic heterocycles. The summed E-state index contributed by atoms with van der Waals surface area (Å²) < 4.78 is 11.4. The summed E-state index contributed by atoms with van der Waals surface area (Å²) in [6, 6.07) is 7.24. The SMILES string of the molecule is O=C(NC1CCCCC1)c1ccc(NC(=O)N2CCC3(CC2)OCCO3)cc1. The van der Waals surface area contributed by atoms with E-state index in [-0.39, 0.29) is 18.0 Å². The molecule has 0 atom stereocenters. The molecule has 2 aliphatic heterocycles. The van der Waals surface area contributed by atoms with Crippen LogP contribution in [0.1, 0.15) is 55.3 Å². The molecule has 152 valence electrons. The Morgan fingerprint density at radius 2 is 1.61 bits per heavy atom. The number of carbonyl (C=O) groups is 2. The number of hydrogen-bond acceptors (Lipinski definition) is 4. The number of anilines is 1. The van der Waals surface area contributed by atoms with Gasteiger partial charge in [0.1, 0.15) is 0 Å². The quantitative estimate of drug-likeness (QED) is 0.835. The molecule has 3 fully saturated rings. The van der Waals surface area contributed by atoms with Crippen LogP contribution in [0.3, 0.4) is 0 Å². The van der Waals surface area contributed by atoms with Crippen molar-refractivity contribution in [1.82, 2.24) is 10.2 Å². The molecule has 0 unspecified atom stereocenters. The Balaban J connectivity index is 1.27. The van der Waals surface area contributed by atoms with Gasteiger partial charge in [0.2, 0.25) is 0 Å². The third kappa shape index (κ3) is 4.47. The normalized spacial score (nSPS) is 22.2. The number of ether oxygens (including phenoxy) is 2. The fourth-order valence-electron chi connectivity index (χ4n) is 4.26. The molecular formula is C21H29N3O4. The van der Waals surface area contributed by atoms with Gasteiger partial charge < -0.3 is 25.0 Å². The van der Waals surface area contributed by atoms with E-state index in [1.165, 1.54) is 19.3 Å². The highest BCUT2D eigenvalue weighted by molar-refractivity contribution is 5.95. The first kappa shape index (κ1) is 19.2. The Morgan fingerprint density at radius 1 is 0.964 bits per heavy atom. The lowest BCUT2D eigenvalue weighted by molar-refractivity contribution is -0.181. The number of rotatable bonds is 3. The van der Waals surface area contributed by atoms with Crippen molar-refractivity contribution in [3.8, 4) is 0 Å². The zero-order chi connectivity index (χ0) is 19.4. The molecule has 3 aliphatic rings. The average molecular weight is 387 g/mol. The maximum absolute atomic E-state index is 12.5. The summed E-state index contributed by atoms with van der Waals surface area (Å²) in [5.74, 6) is -0.521. The minimum Gasteiger partial charge on any atom is -0.349 e. The summed E-state index contributed by atoms with van der Waals surface area (Å²) >= 11 is 0. The number of nitrogens with one attached hydrogen (secondary N) is 2. The Morgan fingerprint density at radius 3 is 2.25 bits per heavy atom. The van der Waals surface area contributed by atoms with Crippen LogP contribution >= 0.6 is 0 Å². The molecule has 1 aliphatic carbocycles. The number of hydrogen-bond donors (Lipinski definition) is 2. The second kappa shape index (κ2) is 8.49. The molecule has 3 amide bonds. The van der Waals surface area contributed by atoms with Crippen molar-refractivity contribution in [1.29, 1.82) is 0 Å². The summed E-state index contributed by atoms with van der Waals surface area (Å²) in [5.41, 5.74) is 1.31. The van der Waals surface area contributed by atoms with Crippen LogP contribution in [0.25, 0.3) is 0 Å². The highest BCUT2D eigenvalue weighted by Gasteiger charge is 2.40. The standard InChI is InChI=1S/C21H29N3O4/c25-19(22-17-4-2-1-3-5-17)16-6-8-18(9-7-16)23-20(26)24-12-10-21(11-13-24)27-14-15-28-21/h6-9,17H,1-5,10-15H2,(H,22,25)(H,23,26). The van der Waals surface area contributed by atoms with Crippen LogP contribution < -0.4 is 10.6 Å². The molecule has 1 aromatic carbocycles. The van der Waals surface area contributed by atoms with Gasteiger partial charge in [0.25, 0.3) is 5.91 Å². The molecule has 1 saturated carbocycles. The largest absolute Gasteiger partial charge is 0.349 e. The molecule has 1 spiro atoms. The smallest absolute Gasteiger partial charge is 0.321 e. The highest BCUT2D eigenvalue weighted by Crippen LogP contribution is 2.31. The van der Waals surface area contributed by atoms with Crippen molar-refractivity contribution >= 4 is 17.6 Å². The van der Waals surface area contributed by atoms with Gasteiger partial charge in [0, 0.05) is 43.2 Å². The van der Waals surface area contributed by atoms with Crippen molar-refractivity contribution in [2.24, 2.45) is 0 Å². The van der Waals surface area contributed by atoms with Crippen molar-refractivity contribution < 1.29 is 19.1 Å². The lowest BCUT2D eigenvalue weighted by Gasteiger charge is -2.37. The van der Waals surface area contributed by atoms with Crippen molar-refractivity contribution in [2.75, 3.05) is 31.6 Å². The second-order valence-corrected chi connectivity index (χ2v) is 7.91. The van der Waals surface area contributed by atoms with Gasteiger partial charge in [-0.25, -0.2) is 4.79 Å². The molecular weight excluding hydrogens is 358 g/mol. The van der Waals surface area contributed by atoms with E-state index >= 15 is 0 Å². The molecule has 28 heavy (non-hydrogen) atoms. The van der Waals surface area contributed by atoms with Crippen LogP contribution in [0.2, 0.25) is 0 Å². The summed E-state index contributed by atoms with van der Waals surface area (Å²) in [5, 5.41) is 6.02. The first-order valence-corrected chi connectivity index (χ1v) is 10.4. The lowest BCUT2D eigenvalue weighted by Crippen LogP contribution is -2.48. The van der Waals surface area contributed by atoms with E-state index in [9.17, 15) is 9.59 Å². The van der Waals surface area contributed by atoms with Gasteiger partial charge in [-0.1, -0.05) is 19.3 Å². The molecule has 7 heteroatoms. The third-order valence-corrected chi connectivity index (χ3v) is 5.96. The van der Waals surface area contributed by atoms with E-state index in [1.807, 2.05) is 0 Å². The van der Waals surface area contributed by atoms with Crippen LogP contribution in [0.15, 0.2) is 24.3 Å². The van der Waals surface area contributed by atoms with Gasteiger partial charge in [-0.05, 0) is 37.1 Å². The molecule has 1 aromatic rings. The number of urea groups is 1. The molecule has 2 N–H and O–H groups in total. The van der Waals surface area contributed by atoms with Gasteiger partial charge in [-0.2, -0.15) is 0 Å². The maximum atomic E-state index is 12.5. The Bertz CT molecular complexity index is 684. The lowest BCUT2D eigenvalue weighted by atomic mass is 9.95. The van der Waals surface area contributed by atoms with Crippen LogP contribution in [0, 0.1) is 0 Å². The van der Waals surface area contributed by atoms with Gasteiger partial charge in [0.15, 0.2) is 5.79 Å². The number of amides is 3. The molecule has 0 radical (unpaired) electrons. The molecule has 0 bridgehead atoms. The van der Waals surface area contributed by atoms with Crippen molar-refractivity contribution in [3.05, 3.63) is 29.8 Å². The minimum absolute atomic E-state index is 0.0392. The van der Waals surface area contributed by atoms with Gasteiger partial charge in [0.05, 0.1) is 13.2 Å². The van der Waals surface area contributed by atoms with E-state index < -0.39 is 5.79 Å². The first-order chi connectivity index (χ1) is 13.6. The monoisotopic (exact) mass is 387 g/mol. The average Bonchev–Trinajstić information content (AvgIpc) is 3.17. The highest BCUT2D eigenvalue weighted by atomic mass is 16.7. The predicted molar refractivity (Wildman–Crippen MR) is 105 cm³/mol. The Hall–Kier alpha value is -2.12. The minimum atomic E-state index is -0.482. The molecule has 7 nitrogen and oxygen atoms in total. The van der Waals surface area contributed by atoms with Crippen LogP contribution in [0.4, 0.5) is 10.5 Å². The maximum Gasteiger partial charge on any atom is 0.321 e. The van der Waals surface area contributed by atoms with E-state index in [0.717, 1.165) is 12.8 Å². The Kier molecular flexibility index (Phi) is 5.82. The van der Waals surface area contributed by atoms with Crippen molar-refractivity contribution in [2.45, 2.75) is 56.8 Å². The summed E-state index contributed by atoms with van der Waals surface area (Å²) in [7, 11) is 0. The Labute approximate surface area is 165 Å². The number of nitrogens with zero attached hydrogens (tertiary/aromatic N) is 1. The van der Waals surface area contributed by atoms with Gasteiger partial charge in [-0.3, -0.25) is 4.79 Å². The zero-order valence-corrected chi connectivity index (χ0v) is 16.2. The molecule has 4 rings (SSSR count). The summed E-state index contributed by atoms with van der Waals surface area (Å²) in [6.07, 6.45) is 7.15. The van der Waals surface area contributed by atoms with E-state index in [0.29, 0.717) is 50.4 Å². The topological polar surface area (TPSA) is 79.9 Å². The number of carbonyl (C=O) groups excluding carboxylic acids is 2. The summed E-state index contributed by atoms with van der Waals surface area (Å²) in [4.78, 5) is 26.7. The molecule has 2 saturated heterocycles. The van der Waals surface area contributed by atoms with Crippen LogP contribution in [-0.4, -0.2) is 55.0 Å². The van der Waals surface area contributed by atoms with Crippen LogP contribution in [0.5, 0.6) is 0 Å². The predicted octanol–water partition coefficient (Wildman–Crippen LogP) is 3.12. The fourth-order valence-corrected chi connectivity index (χ4v) is 4.26. The van der Waals surface area contributed by atoms with E-state index in [2.05, 4.69) is 10.6 Å². The second-order valence-electron chi connectivity index (χ2n) is 7.91. The van der Waals surface area contributed by atoms with Crippen LogP contribution in [-0.2, 0) is 9.47 Å². The number of piperidine rings is 1. The molecule has 2 heterocycles. The first-order valence-electron chi connectivity index (χ1n) is 10.4. The third-order valence-electron chi connectivity index (χ3n) is 5.96. The van der Waals surface area contributed by atoms with E-state index in [4.69, 9.17) is 9.47 Å². The number of benzene rings is 1. The van der Waals surface area contributed by atoms with Crippen molar-refractivity contribution in [3.63, 3.8) is 0 Å². The van der Waals surface area contributed by atoms with Gasteiger partial charge in [-0.15, -0.1) is 0 Å². The fraction of sp³-hybridized carbons (Fsp3) is 0.619.